The first-order valence-corrected chi connectivity index (χ1v) is 5.36. The van der Waals surface area contributed by atoms with Crippen LogP contribution in [0.1, 0.15) is 13.2 Å². The minimum absolute atomic E-state index is 0.00839. The number of aliphatic hydroxyl groups is 2. The van der Waals surface area contributed by atoms with Crippen LogP contribution in [0.25, 0.3) is 0 Å². The molecule has 2 heterocycles. The van der Waals surface area contributed by atoms with Crippen molar-refractivity contribution in [2.75, 3.05) is 12.3 Å². The van der Waals surface area contributed by atoms with E-state index in [9.17, 15) is 14.3 Å². The third-order valence-electron chi connectivity index (χ3n) is 3.00. The molecule has 1 aromatic heterocycles. The molecule has 0 bridgehead atoms. The Morgan fingerprint density at radius 3 is 2.89 bits per heavy atom. The van der Waals surface area contributed by atoms with Gasteiger partial charge in [-0.2, -0.15) is 4.98 Å². The van der Waals surface area contributed by atoms with Crippen LogP contribution in [-0.2, 0) is 4.74 Å². The van der Waals surface area contributed by atoms with Gasteiger partial charge in [-0.05, 0) is 13.0 Å². The lowest BCUT2D eigenvalue weighted by molar-refractivity contribution is -0.0610. The Balaban J connectivity index is 2.42. The number of nitrogens with zero attached hydrogens (tertiary/aromatic N) is 2. The summed E-state index contributed by atoms with van der Waals surface area (Å²) in [5.41, 5.74) is 2.33. The standard InChI is InChI=1S/C10H14FN3O4/c1-10(11)7(16)5(4-15)18-8(10)14-3-2-6(12)13-9(14)17/h2-3,5,7-8,15-16H,4H2,1H3,(H2,12,13,17)/t5-,7-,8-,10-/m1/s1/i12+1. The van der Waals surface area contributed by atoms with E-state index in [-0.39, 0.29) is 5.82 Å². The number of rotatable bonds is 2. The summed E-state index contributed by atoms with van der Waals surface area (Å²) in [7, 11) is 0. The van der Waals surface area contributed by atoms with Crippen molar-refractivity contribution >= 4 is 5.82 Å². The van der Waals surface area contributed by atoms with Crippen molar-refractivity contribution in [3.63, 3.8) is 0 Å². The van der Waals surface area contributed by atoms with Crippen LogP contribution in [-0.4, -0.2) is 44.2 Å². The first-order chi connectivity index (χ1) is 8.37. The highest BCUT2D eigenvalue weighted by atomic mass is 19.1. The smallest absolute Gasteiger partial charge is 0.351 e. The molecule has 0 amide bonds. The van der Waals surface area contributed by atoms with E-state index in [1.165, 1.54) is 12.3 Å². The number of nitrogen functional groups attached to an aromatic ring is 1. The second kappa shape index (κ2) is 4.30. The molecule has 18 heavy (non-hydrogen) atoms. The minimum atomic E-state index is -2.21. The van der Waals surface area contributed by atoms with Crippen molar-refractivity contribution < 1.29 is 19.3 Å². The number of hydrogen-bond donors (Lipinski definition) is 3. The maximum atomic E-state index is 14.4. The number of halogens is 1. The highest BCUT2D eigenvalue weighted by molar-refractivity contribution is 5.23. The Bertz CT molecular complexity index is 504. The second-order valence-electron chi connectivity index (χ2n) is 4.35. The van der Waals surface area contributed by atoms with Crippen LogP contribution in [0.15, 0.2) is 17.1 Å². The summed E-state index contributed by atoms with van der Waals surface area (Å²) in [6.07, 6.45) is -2.74. The molecule has 7 nitrogen and oxygen atoms in total. The van der Waals surface area contributed by atoms with Gasteiger partial charge in [-0.15, -0.1) is 0 Å². The van der Waals surface area contributed by atoms with Gasteiger partial charge >= 0.3 is 5.69 Å². The molecule has 0 radical (unpaired) electrons. The monoisotopic (exact) mass is 260 g/mol. The van der Waals surface area contributed by atoms with Gasteiger partial charge in [-0.25, -0.2) is 9.18 Å². The molecule has 4 N–H and O–H groups in total. The first-order valence-electron chi connectivity index (χ1n) is 5.36. The molecule has 1 saturated heterocycles. The summed E-state index contributed by atoms with van der Waals surface area (Å²) in [4.78, 5) is 15.1. The number of aliphatic hydroxyl groups excluding tert-OH is 2. The van der Waals surface area contributed by atoms with Crippen LogP contribution in [0.2, 0.25) is 0 Å². The average Bonchev–Trinajstić information content (AvgIpc) is 2.52. The highest BCUT2D eigenvalue weighted by Crippen LogP contribution is 2.40. The lowest BCUT2D eigenvalue weighted by Crippen LogP contribution is -2.42. The Hall–Kier alpha value is -1.51. The van der Waals surface area contributed by atoms with Crippen LogP contribution in [0, 0.1) is 0 Å². The van der Waals surface area contributed by atoms with Gasteiger partial charge in [0.25, 0.3) is 0 Å². The van der Waals surface area contributed by atoms with Gasteiger partial charge < -0.3 is 20.7 Å². The molecule has 2 rings (SSSR count). The zero-order chi connectivity index (χ0) is 13.5. The number of aromatic nitrogens is 2. The summed E-state index contributed by atoms with van der Waals surface area (Å²) < 4.78 is 20.4. The van der Waals surface area contributed by atoms with E-state index in [0.29, 0.717) is 0 Å². The molecule has 1 fully saturated rings. The fourth-order valence-corrected chi connectivity index (χ4v) is 1.97. The van der Waals surface area contributed by atoms with E-state index in [4.69, 9.17) is 15.6 Å². The number of anilines is 1. The Morgan fingerprint density at radius 1 is 1.72 bits per heavy atom. The maximum absolute atomic E-state index is 14.4. The van der Waals surface area contributed by atoms with Gasteiger partial charge in [0.05, 0.1) is 6.61 Å². The van der Waals surface area contributed by atoms with Crippen LogP contribution in [0.4, 0.5) is 10.2 Å². The Morgan fingerprint density at radius 2 is 2.39 bits per heavy atom. The maximum Gasteiger partial charge on any atom is 0.351 e. The quantitative estimate of drug-likeness (QED) is 0.576. The van der Waals surface area contributed by atoms with Crippen molar-refractivity contribution in [3.05, 3.63) is 22.7 Å². The normalized spacial score (nSPS) is 35.9. The molecular weight excluding hydrogens is 246 g/mol. The largest absolute Gasteiger partial charge is 0.394 e. The summed E-state index contributed by atoms with van der Waals surface area (Å²) in [6, 6.07) is 1.32. The summed E-state index contributed by atoms with van der Waals surface area (Å²) >= 11 is 0. The van der Waals surface area contributed by atoms with Crippen LogP contribution in [0.3, 0.4) is 0 Å². The summed E-state index contributed by atoms with van der Waals surface area (Å²) in [5.74, 6) is 0.00839. The summed E-state index contributed by atoms with van der Waals surface area (Å²) in [6.45, 7) is 0.551. The molecule has 0 unspecified atom stereocenters. The fraction of sp³-hybridized carbons (Fsp3) is 0.600. The fourth-order valence-electron chi connectivity index (χ4n) is 1.97. The van der Waals surface area contributed by atoms with E-state index in [0.717, 1.165) is 11.5 Å². The van der Waals surface area contributed by atoms with Gasteiger partial charge in [0.15, 0.2) is 11.9 Å². The Labute approximate surface area is 102 Å². The zero-order valence-corrected chi connectivity index (χ0v) is 9.65. The molecular formula is C10H14FN3O4. The molecule has 8 heteroatoms. The molecule has 0 saturated carbocycles. The SMILES string of the molecule is C[C@@]1(F)[C@H](O)[C@@H](CO)O[C@H]1n1ccc([15NH2])nc1=O. The second-order valence-corrected chi connectivity index (χ2v) is 4.35. The van der Waals surface area contributed by atoms with E-state index in [1.54, 1.807) is 0 Å². The molecule has 100 valence electrons. The average molecular weight is 260 g/mol. The Kier molecular flexibility index (Phi) is 3.09. The zero-order valence-electron chi connectivity index (χ0n) is 9.65. The van der Waals surface area contributed by atoms with E-state index < -0.39 is 36.4 Å². The van der Waals surface area contributed by atoms with Gasteiger partial charge in [0.1, 0.15) is 18.0 Å². The van der Waals surface area contributed by atoms with E-state index >= 15 is 0 Å². The molecule has 1 aliphatic rings. The first kappa shape index (κ1) is 12.9. The molecule has 1 aromatic rings. The number of ether oxygens (including phenoxy) is 1. The molecule has 0 aromatic carbocycles. The van der Waals surface area contributed by atoms with Gasteiger partial charge in [-0.3, -0.25) is 4.57 Å². The predicted molar refractivity (Wildman–Crippen MR) is 59.4 cm³/mol. The van der Waals surface area contributed by atoms with E-state index in [2.05, 4.69) is 4.98 Å². The van der Waals surface area contributed by atoms with Gasteiger partial charge in [0.2, 0.25) is 0 Å². The van der Waals surface area contributed by atoms with Crippen molar-refractivity contribution in [2.45, 2.75) is 31.0 Å². The van der Waals surface area contributed by atoms with Crippen LogP contribution >= 0.6 is 0 Å². The number of nitrogens with two attached hydrogens (primary N) is 1. The number of alkyl halides is 1. The molecule has 0 spiro atoms. The van der Waals surface area contributed by atoms with E-state index in [1.807, 2.05) is 0 Å². The van der Waals surface area contributed by atoms with Crippen molar-refractivity contribution in [2.24, 2.45) is 0 Å². The predicted octanol–water partition coefficient (Wildman–Crippen LogP) is -1.20. The van der Waals surface area contributed by atoms with Crippen molar-refractivity contribution in [1.29, 1.82) is 0 Å². The minimum Gasteiger partial charge on any atom is -0.394 e. The third-order valence-corrected chi connectivity index (χ3v) is 3.00. The summed E-state index contributed by atoms with van der Waals surface area (Å²) in [5, 5.41) is 18.6. The lowest BCUT2D eigenvalue weighted by atomic mass is 9.98. The van der Waals surface area contributed by atoms with Crippen molar-refractivity contribution in [3.8, 4) is 0 Å². The molecule has 0 aliphatic carbocycles. The third kappa shape index (κ3) is 1.88. The highest BCUT2D eigenvalue weighted by Gasteiger charge is 2.55. The number of hydrogen-bond acceptors (Lipinski definition) is 6. The van der Waals surface area contributed by atoms with Crippen LogP contribution in [0.5, 0.6) is 0 Å². The molecule has 4 atom stereocenters. The van der Waals surface area contributed by atoms with Crippen LogP contribution < -0.4 is 11.4 Å². The van der Waals surface area contributed by atoms with Gasteiger partial charge in [-0.1, -0.05) is 0 Å². The van der Waals surface area contributed by atoms with Crippen molar-refractivity contribution in [1.82, 2.24) is 9.55 Å². The lowest BCUT2D eigenvalue weighted by Gasteiger charge is -2.24. The molecule has 1 aliphatic heterocycles. The van der Waals surface area contributed by atoms with Gasteiger partial charge in [0, 0.05) is 6.20 Å². The topological polar surface area (TPSA) is 111 Å².